The van der Waals surface area contributed by atoms with Gasteiger partial charge in [-0.1, -0.05) is 79.2 Å². The van der Waals surface area contributed by atoms with Crippen molar-refractivity contribution in [2.45, 2.75) is 24.8 Å². The van der Waals surface area contributed by atoms with E-state index in [0.29, 0.717) is 0 Å². The Bertz CT molecular complexity index is 844. The molecule has 1 nitrogen and oxygen atoms in total. The second kappa shape index (κ2) is 5.99. The molecule has 0 amide bonds. The van der Waals surface area contributed by atoms with Gasteiger partial charge in [0.1, 0.15) is 0 Å². The van der Waals surface area contributed by atoms with Crippen molar-refractivity contribution >= 4 is 17.3 Å². The maximum Gasteiger partial charge on any atom is 0.0525 e. The van der Waals surface area contributed by atoms with Crippen molar-refractivity contribution in [3.63, 3.8) is 0 Å². The minimum atomic E-state index is -0.0761. The molecular formula is C22H20ClN. The molecule has 0 radical (unpaired) electrons. The maximum atomic E-state index is 6.32. The summed E-state index contributed by atoms with van der Waals surface area (Å²) < 4.78 is 0. The van der Waals surface area contributed by atoms with E-state index in [4.69, 9.17) is 11.6 Å². The van der Waals surface area contributed by atoms with E-state index in [2.05, 4.69) is 85.0 Å². The van der Waals surface area contributed by atoms with Gasteiger partial charge in [-0.05, 0) is 41.3 Å². The molecule has 0 bridgehead atoms. The molecule has 120 valence electrons. The Labute approximate surface area is 148 Å². The number of fused-ring (bicyclic) bond motifs is 1. The Morgan fingerprint density at radius 2 is 1.58 bits per heavy atom. The molecule has 1 heterocycles. The van der Waals surface area contributed by atoms with E-state index in [1.165, 1.54) is 22.4 Å². The van der Waals surface area contributed by atoms with E-state index >= 15 is 0 Å². The highest BCUT2D eigenvalue weighted by atomic mass is 35.5. The van der Waals surface area contributed by atoms with Gasteiger partial charge in [-0.25, -0.2) is 0 Å². The van der Waals surface area contributed by atoms with Gasteiger partial charge in [0, 0.05) is 16.1 Å². The van der Waals surface area contributed by atoms with Gasteiger partial charge in [0.25, 0.3) is 0 Å². The molecule has 0 fully saturated rings. The molecule has 2 heteroatoms. The molecule has 0 saturated carbocycles. The molecule has 1 aliphatic heterocycles. The summed E-state index contributed by atoms with van der Waals surface area (Å²) in [6.07, 6.45) is 0.994. The van der Waals surface area contributed by atoms with Crippen LogP contribution < -0.4 is 5.32 Å². The van der Waals surface area contributed by atoms with Crippen molar-refractivity contribution in [2.24, 2.45) is 0 Å². The molecule has 2 atom stereocenters. The van der Waals surface area contributed by atoms with Gasteiger partial charge >= 0.3 is 0 Å². The Morgan fingerprint density at radius 3 is 2.29 bits per heavy atom. The fourth-order valence-electron chi connectivity index (χ4n) is 3.82. The average molecular weight is 334 g/mol. The molecule has 0 saturated heterocycles. The van der Waals surface area contributed by atoms with Crippen LogP contribution in [0, 0.1) is 0 Å². The molecule has 0 aromatic heterocycles. The zero-order chi connectivity index (χ0) is 16.6. The predicted molar refractivity (Wildman–Crippen MR) is 102 cm³/mol. The zero-order valence-electron chi connectivity index (χ0n) is 13.7. The average Bonchev–Trinajstić information content (AvgIpc) is 2.64. The van der Waals surface area contributed by atoms with Crippen LogP contribution in [0.3, 0.4) is 0 Å². The molecule has 1 N–H and O–H groups in total. The van der Waals surface area contributed by atoms with Crippen LogP contribution in [0.25, 0.3) is 0 Å². The topological polar surface area (TPSA) is 12.0 Å². The molecule has 0 unspecified atom stereocenters. The lowest BCUT2D eigenvalue weighted by Gasteiger charge is -2.42. The molecule has 3 aromatic rings. The highest BCUT2D eigenvalue weighted by Crippen LogP contribution is 2.48. The third-order valence-corrected chi connectivity index (χ3v) is 5.37. The largest absolute Gasteiger partial charge is 0.378 e. The fourth-order valence-corrected chi connectivity index (χ4v) is 3.99. The lowest BCUT2D eigenvalue weighted by molar-refractivity contribution is 0.460. The Kier molecular flexibility index (Phi) is 3.82. The lowest BCUT2D eigenvalue weighted by atomic mass is 9.68. The summed E-state index contributed by atoms with van der Waals surface area (Å²) in [6.45, 7) is 2.33. The number of hydrogen-bond donors (Lipinski definition) is 1. The minimum absolute atomic E-state index is 0.0761. The van der Waals surface area contributed by atoms with Crippen LogP contribution in [0.4, 0.5) is 5.69 Å². The van der Waals surface area contributed by atoms with Crippen molar-refractivity contribution in [2.75, 3.05) is 5.32 Å². The summed E-state index contributed by atoms with van der Waals surface area (Å²) >= 11 is 6.32. The van der Waals surface area contributed by atoms with Crippen molar-refractivity contribution in [1.29, 1.82) is 0 Å². The standard InChI is InChI=1S/C22H20ClN/c1-22(17-10-6-3-7-11-17)15-21(16-8-4-2-5-9-16)24-20-13-12-18(23)14-19(20)22/h2-14,21,24H,15H2,1H3/t21-,22+/m1/s1. The van der Waals surface area contributed by atoms with E-state index in [-0.39, 0.29) is 11.5 Å². The summed E-state index contributed by atoms with van der Waals surface area (Å²) in [5.41, 5.74) is 5.02. The van der Waals surface area contributed by atoms with E-state index in [1.54, 1.807) is 0 Å². The number of benzene rings is 3. The van der Waals surface area contributed by atoms with Crippen molar-refractivity contribution in [1.82, 2.24) is 0 Å². The third-order valence-electron chi connectivity index (χ3n) is 5.13. The van der Waals surface area contributed by atoms with Gasteiger partial charge in [0.05, 0.1) is 6.04 Å². The fraction of sp³-hybridized carbons (Fsp3) is 0.182. The van der Waals surface area contributed by atoms with Gasteiger partial charge in [0.2, 0.25) is 0 Å². The molecule has 0 spiro atoms. The number of nitrogens with one attached hydrogen (secondary N) is 1. The van der Waals surface area contributed by atoms with Crippen LogP contribution in [-0.4, -0.2) is 0 Å². The van der Waals surface area contributed by atoms with E-state index < -0.39 is 0 Å². The molecular weight excluding hydrogens is 314 g/mol. The predicted octanol–water partition coefficient (Wildman–Crippen LogP) is 6.20. The highest BCUT2D eigenvalue weighted by molar-refractivity contribution is 6.30. The number of anilines is 1. The van der Waals surface area contributed by atoms with Crippen molar-refractivity contribution in [3.05, 3.63) is 101 Å². The van der Waals surface area contributed by atoms with E-state index in [1.807, 2.05) is 6.07 Å². The smallest absolute Gasteiger partial charge is 0.0525 e. The van der Waals surface area contributed by atoms with Crippen molar-refractivity contribution < 1.29 is 0 Å². The summed E-state index contributed by atoms with van der Waals surface area (Å²) in [4.78, 5) is 0. The molecule has 3 aromatic carbocycles. The summed E-state index contributed by atoms with van der Waals surface area (Å²) in [5.74, 6) is 0. The van der Waals surface area contributed by atoms with Crippen LogP contribution >= 0.6 is 11.6 Å². The molecule has 1 aliphatic rings. The SMILES string of the molecule is C[C@@]1(c2ccccc2)C[C@H](c2ccccc2)Nc2ccc(Cl)cc21. The number of halogens is 1. The molecule has 4 rings (SSSR count). The normalized spacial score (nSPS) is 22.5. The Morgan fingerprint density at radius 1 is 0.917 bits per heavy atom. The van der Waals surface area contributed by atoms with Crippen LogP contribution in [0.15, 0.2) is 78.9 Å². The van der Waals surface area contributed by atoms with E-state index in [0.717, 1.165) is 11.4 Å². The van der Waals surface area contributed by atoms with Gasteiger partial charge in [-0.15, -0.1) is 0 Å². The van der Waals surface area contributed by atoms with Gasteiger partial charge in [-0.3, -0.25) is 0 Å². The van der Waals surface area contributed by atoms with Crippen LogP contribution in [-0.2, 0) is 5.41 Å². The first-order chi connectivity index (χ1) is 11.7. The highest BCUT2D eigenvalue weighted by Gasteiger charge is 2.38. The second-order valence-electron chi connectivity index (χ2n) is 6.70. The molecule has 24 heavy (non-hydrogen) atoms. The Hall–Kier alpha value is -2.25. The quantitative estimate of drug-likeness (QED) is 0.588. The number of rotatable bonds is 2. The van der Waals surface area contributed by atoms with Crippen LogP contribution in [0.2, 0.25) is 5.02 Å². The van der Waals surface area contributed by atoms with E-state index in [9.17, 15) is 0 Å². The van der Waals surface area contributed by atoms with Crippen LogP contribution in [0.5, 0.6) is 0 Å². The zero-order valence-corrected chi connectivity index (χ0v) is 14.4. The first-order valence-electron chi connectivity index (χ1n) is 8.34. The first kappa shape index (κ1) is 15.3. The first-order valence-corrected chi connectivity index (χ1v) is 8.72. The van der Waals surface area contributed by atoms with Gasteiger partial charge < -0.3 is 5.32 Å². The number of hydrogen-bond acceptors (Lipinski definition) is 1. The van der Waals surface area contributed by atoms with Crippen LogP contribution in [0.1, 0.15) is 36.1 Å². The monoisotopic (exact) mass is 333 g/mol. The summed E-state index contributed by atoms with van der Waals surface area (Å²) in [7, 11) is 0. The summed E-state index contributed by atoms with van der Waals surface area (Å²) in [6, 6.07) is 27.9. The minimum Gasteiger partial charge on any atom is -0.378 e. The maximum absolute atomic E-state index is 6.32. The lowest BCUT2D eigenvalue weighted by Crippen LogP contribution is -2.34. The van der Waals surface area contributed by atoms with Crippen molar-refractivity contribution in [3.8, 4) is 0 Å². The summed E-state index contributed by atoms with van der Waals surface area (Å²) in [5, 5.41) is 4.49. The Balaban J connectivity index is 1.87. The molecule has 0 aliphatic carbocycles. The van der Waals surface area contributed by atoms with Gasteiger partial charge in [0.15, 0.2) is 0 Å². The second-order valence-corrected chi connectivity index (χ2v) is 7.14. The van der Waals surface area contributed by atoms with Gasteiger partial charge in [-0.2, -0.15) is 0 Å². The third kappa shape index (κ3) is 2.59.